The molecule has 1 unspecified atom stereocenters. The lowest BCUT2D eigenvalue weighted by Crippen LogP contribution is -2.30. The number of hydrogen-bond donors (Lipinski definition) is 0. The van der Waals surface area contributed by atoms with E-state index in [0.717, 1.165) is 19.3 Å². The summed E-state index contributed by atoms with van der Waals surface area (Å²) in [5.74, 6) is -2.40. The quantitative estimate of drug-likeness (QED) is 0.300. The molecule has 0 heterocycles. The zero-order chi connectivity index (χ0) is 18.1. The fraction of sp³-hybridized carbons (Fsp3) is 0.250. The number of halogens is 1. The molecule has 0 saturated heterocycles. The molecule has 0 radical (unpaired) electrons. The van der Waals surface area contributed by atoms with Crippen molar-refractivity contribution in [3.63, 3.8) is 0 Å². The largest absolute Gasteiger partial charge is 0.466 e. The second-order valence-corrected chi connectivity index (χ2v) is 5.33. The molecule has 0 aromatic heterocycles. The molecule has 0 saturated carbocycles. The average Bonchev–Trinajstić information content (AvgIpc) is 2.58. The van der Waals surface area contributed by atoms with E-state index in [2.05, 4.69) is 20.7 Å². The van der Waals surface area contributed by atoms with Crippen molar-refractivity contribution in [2.75, 3.05) is 7.11 Å². The first-order chi connectivity index (χ1) is 11.4. The minimum Gasteiger partial charge on any atom is -0.466 e. The van der Waals surface area contributed by atoms with Gasteiger partial charge in [-0.1, -0.05) is 22.9 Å². The molecule has 8 heteroatoms. The molecule has 128 valence electrons. The highest BCUT2D eigenvalue weighted by Crippen LogP contribution is 2.22. The SMILES string of the molecule is CCC(OC(=O)C=CC(=O)OC)C(=O)Oc1ccc(Br)cc1C=O. The summed E-state index contributed by atoms with van der Waals surface area (Å²) in [6.07, 6.45) is 1.24. The van der Waals surface area contributed by atoms with Gasteiger partial charge in [-0.2, -0.15) is 0 Å². The Hall–Kier alpha value is -2.48. The Balaban J connectivity index is 2.77. The highest BCUT2D eigenvalue weighted by Gasteiger charge is 2.23. The van der Waals surface area contributed by atoms with Crippen LogP contribution in [0, 0.1) is 0 Å². The van der Waals surface area contributed by atoms with E-state index in [1.807, 2.05) is 0 Å². The monoisotopic (exact) mass is 398 g/mol. The molecule has 0 spiro atoms. The summed E-state index contributed by atoms with van der Waals surface area (Å²) in [6, 6.07) is 4.53. The lowest BCUT2D eigenvalue weighted by molar-refractivity contribution is -0.159. The molecular weight excluding hydrogens is 384 g/mol. The average molecular weight is 399 g/mol. The first kappa shape index (κ1) is 19.6. The van der Waals surface area contributed by atoms with Crippen LogP contribution in [0.2, 0.25) is 0 Å². The van der Waals surface area contributed by atoms with Gasteiger partial charge in [-0.25, -0.2) is 14.4 Å². The zero-order valence-electron chi connectivity index (χ0n) is 13.0. The van der Waals surface area contributed by atoms with E-state index in [0.29, 0.717) is 10.8 Å². The van der Waals surface area contributed by atoms with Gasteiger partial charge in [0.2, 0.25) is 0 Å². The Morgan fingerprint density at radius 1 is 1.21 bits per heavy atom. The van der Waals surface area contributed by atoms with Gasteiger partial charge >= 0.3 is 17.9 Å². The smallest absolute Gasteiger partial charge is 0.352 e. The van der Waals surface area contributed by atoms with Crippen LogP contribution in [0.15, 0.2) is 34.8 Å². The first-order valence-electron chi connectivity index (χ1n) is 6.84. The fourth-order valence-corrected chi connectivity index (χ4v) is 1.94. The van der Waals surface area contributed by atoms with E-state index >= 15 is 0 Å². The molecule has 0 aliphatic heterocycles. The molecular formula is C16H15BrO7. The molecule has 0 bridgehead atoms. The minimum atomic E-state index is -1.18. The van der Waals surface area contributed by atoms with Crippen molar-refractivity contribution < 1.29 is 33.4 Å². The van der Waals surface area contributed by atoms with Crippen LogP contribution < -0.4 is 4.74 Å². The Labute approximate surface area is 146 Å². The van der Waals surface area contributed by atoms with E-state index < -0.39 is 24.0 Å². The van der Waals surface area contributed by atoms with Gasteiger partial charge in [0.15, 0.2) is 12.4 Å². The van der Waals surface area contributed by atoms with E-state index in [1.54, 1.807) is 13.0 Å². The van der Waals surface area contributed by atoms with Crippen LogP contribution in [0.5, 0.6) is 5.75 Å². The van der Waals surface area contributed by atoms with Crippen LogP contribution in [0.1, 0.15) is 23.7 Å². The lowest BCUT2D eigenvalue weighted by Gasteiger charge is -2.14. The number of rotatable bonds is 7. The molecule has 24 heavy (non-hydrogen) atoms. The number of ether oxygens (including phenoxy) is 3. The predicted molar refractivity (Wildman–Crippen MR) is 86.5 cm³/mol. The Kier molecular flexibility index (Phi) is 7.84. The Bertz CT molecular complexity index is 666. The van der Waals surface area contributed by atoms with Gasteiger partial charge in [0.05, 0.1) is 12.7 Å². The summed E-state index contributed by atoms with van der Waals surface area (Å²) in [5.41, 5.74) is 0.171. The summed E-state index contributed by atoms with van der Waals surface area (Å²) >= 11 is 3.20. The number of benzene rings is 1. The molecule has 1 aromatic rings. The first-order valence-corrected chi connectivity index (χ1v) is 7.63. The molecule has 0 fully saturated rings. The van der Waals surface area contributed by atoms with Crippen LogP contribution in [0.3, 0.4) is 0 Å². The second kappa shape index (κ2) is 9.61. The van der Waals surface area contributed by atoms with Crippen molar-refractivity contribution in [1.82, 2.24) is 0 Å². The second-order valence-electron chi connectivity index (χ2n) is 4.41. The number of hydrogen-bond acceptors (Lipinski definition) is 7. The van der Waals surface area contributed by atoms with Crippen molar-refractivity contribution in [2.45, 2.75) is 19.4 Å². The number of carbonyl (C=O) groups excluding carboxylic acids is 4. The third kappa shape index (κ3) is 5.96. The van der Waals surface area contributed by atoms with E-state index in [4.69, 9.17) is 9.47 Å². The van der Waals surface area contributed by atoms with Gasteiger partial charge in [0.25, 0.3) is 0 Å². The number of carbonyl (C=O) groups is 4. The molecule has 0 aliphatic carbocycles. The number of aldehydes is 1. The highest BCUT2D eigenvalue weighted by atomic mass is 79.9. The van der Waals surface area contributed by atoms with Gasteiger partial charge in [0.1, 0.15) is 5.75 Å². The van der Waals surface area contributed by atoms with Gasteiger partial charge in [-0.3, -0.25) is 4.79 Å². The molecule has 1 aromatic carbocycles. The van der Waals surface area contributed by atoms with Crippen LogP contribution >= 0.6 is 15.9 Å². The maximum absolute atomic E-state index is 12.1. The zero-order valence-corrected chi connectivity index (χ0v) is 14.6. The summed E-state index contributed by atoms with van der Waals surface area (Å²) < 4.78 is 15.0. The van der Waals surface area contributed by atoms with Crippen LogP contribution in [0.25, 0.3) is 0 Å². The summed E-state index contributed by atoms with van der Waals surface area (Å²) in [6.45, 7) is 1.62. The minimum absolute atomic E-state index is 0.0535. The van der Waals surface area contributed by atoms with Gasteiger partial charge in [0, 0.05) is 16.6 Å². The highest BCUT2D eigenvalue weighted by molar-refractivity contribution is 9.10. The number of methoxy groups -OCH3 is 1. The van der Waals surface area contributed by atoms with Crippen molar-refractivity contribution >= 4 is 40.1 Å². The van der Waals surface area contributed by atoms with Crippen molar-refractivity contribution in [1.29, 1.82) is 0 Å². The van der Waals surface area contributed by atoms with Crippen molar-refractivity contribution in [2.24, 2.45) is 0 Å². The summed E-state index contributed by atoms with van der Waals surface area (Å²) in [4.78, 5) is 45.6. The number of esters is 3. The van der Waals surface area contributed by atoms with Crippen molar-refractivity contribution in [3.05, 3.63) is 40.4 Å². The maximum Gasteiger partial charge on any atom is 0.352 e. The molecule has 1 atom stereocenters. The molecule has 0 aliphatic rings. The predicted octanol–water partition coefficient (Wildman–Crippen LogP) is 2.22. The van der Waals surface area contributed by atoms with Gasteiger partial charge in [-0.05, 0) is 24.6 Å². The third-order valence-corrected chi connectivity index (χ3v) is 3.25. The summed E-state index contributed by atoms with van der Waals surface area (Å²) in [7, 11) is 1.16. The van der Waals surface area contributed by atoms with E-state index in [-0.39, 0.29) is 17.7 Å². The molecule has 1 rings (SSSR count). The Morgan fingerprint density at radius 3 is 2.46 bits per heavy atom. The molecule has 0 N–H and O–H groups in total. The third-order valence-electron chi connectivity index (χ3n) is 2.76. The van der Waals surface area contributed by atoms with Gasteiger partial charge in [-0.15, -0.1) is 0 Å². The Morgan fingerprint density at radius 2 is 1.88 bits per heavy atom. The lowest BCUT2D eigenvalue weighted by atomic mass is 10.2. The molecule has 7 nitrogen and oxygen atoms in total. The maximum atomic E-state index is 12.1. The van der Waals surface area contributed by atoms with Gasteiger partial charge < -0.3 is 14.2 Å². The molecule has 0 amide bonds. The van der Waals surface area contributed by atoms with Crippen molar-refractivity contribution in [3.8, 4) is 5.75 Å². The van der Waals surface area contributed by atoms with E-state index in [9.17, 15) is 19.2 Å². The fourth-order valence-electron chi connectivity index (χ4n) is 1.56. The van der Waals surface area contributed by atoms with E-state index in [1.165, 1.54) is 12.1 Å². The topological polar surface area (TPSA) is 96.0 Å². The standard InChI is InChI=1S/C16H15BrO7/c1-3-12(23-15(20)7-6-14(19)22-2)16(21)24-13-5-4-11(17)8-10(13)9-18/h4-9,12H,3H2,1-2H3. The van der Waals surface area contributed by atoms with Crippen LogP contribution in [0.4, 0.5) is 0 Å². The van der Waals surface area contributed by atoms with Crippen LogP contribution in [-0.4, -0.2) is 37.4 Å². The normalized spacial score (nSPS) is 11.6. The summed E-state index contributed by atoms with van der Waals surface area (Å²) in [5, 5.41) is 0. The van der Waals surface area contributed by atoms with Crippen LogP contribution in [-0.2, 0) is 23.9 Å².